The Labute approximate surface area is 162 Å². The average molecular weight is 382 g/mol. The van der Waals surface area contributed by atoms with Gasteiger partial charge in [0.15, 0.2) is 10.8 Å². The summed E-state index contributed by atoms with van der Waals surface area (Å²) in [6.45, 7) is 6.77. The summed E-state index contributed by atoms with van der Waals surface area (Å²) in [4.78, 5) is 26.2. The third-order valence-corrected chi connectivity index (χ3v) is 6.04. The number of aryl methyl sites for hydroxylation is 1. The lowest BCUT2D eigenvalue weighted by Crippen LogP contribution is -2.52. The topological polar surface area (TPSA) is 58.6 Å². The van der Waals surface area contributed by atoms with Gasteiger partial charge in [0.05, 0.1) is 7.11 Å². The van der Waals surface area contributed by atoms with Crippen LogP contribution in [0.4, 0.5) is 10.8 Å². The predicted octanol–water partition coefficient (Wildman–Crippen LogP) is 3.50. The number of hydrogen-bond donors (Lipinski definition) is 0. The van der Waals surface area contributed by atoms with Gasteiger partial charge in [0.2, 0.25) is 0 Å². The molecule has 1 aliphatic heterocycles. The predicted molar refractivity (Wildman–Crippen MR) is 109 cm³/mol. The number of thiazole rings is 1. The van der Waals surface area contributed by atoms with Gasteiger partial charge in [0, 0.05) is 59.4 Å². The first kappa shape index (κ1) is 17.7. The molecule has 140 valence electrons. The fraction of sp³-hybridized carbons (Fsp3) is 0.350. The van der Waals surface area contributed by atoms with Gasteiger partial charge in [-0.05, 0) is 26.0 Å². The zero-order chi connectivity index (χ0) is 19.0. The van der Waals surface area contributed by atoms with E-state index in [2.05, 4.69) is 51.0 Å². The number of rotatable bonds is 3. The highest BCUT2D eigenvalue weighted by molar-refractivity contribution is 7.15. The van der Waals surface area contributed by atoms with E-state index in [-0.39, 0.29) is 12.0 Å². The molecule has 0 aliphatic carbocycles. The molecule has 0 spiro atoms. The van der Waals surface area contributed by atoms with Crippen molar-refractivity contribution in [1.29, 1.82) is 0 Å². The molecular weight excluding hydrogens is 360 g/mol. The standard InChI is InChI=1S/C20H22N4O2S/c1-13-12-23(17-6-4-5-15-11-21-8-7-16(15)17)9-10-24(13)20-22-18(14(2)27-20)19(25)26-3/h4-8,11,13H,9-10,12H2,1-3H3. The third kappa shape index (κ3) is 3.23. The van der Waals surface area contributed by atoms with Crippen LogP contribution in [0.25, 0.3) is 10.8 Å². The minimum atomic E-state index is -0.370. The Morgan fingerprint density at radius 2 is 2.15 bits per heavy atom. The van der Waals surface area contributed by atoms with Gasteiger partial charge in [-0.3, -0.25) is 4.98 Å². The summed E-state index contributed by atoms with van der Waals surface area (Å²) < 4.78 is 4.83. The van der Waals surface area contributed by atoms with E-state index in [1.807, 2.05) is 19.3 Å². The van der Waals surface area contributed by atoms with Crippen LogP contribution in [0.1, 0.15) is 22.3 Å². The first-order valence-corrected chi connectivity index (χ1v) is 9.80. The van der Waals surface area contributed by atoms with Crippen LogP contribution in [0.5, 0.6) is 0 Å². The molecule has 3 aromatic rings. The fourth-order valence-electron chi connectivity index (χ4n) is 3.63. The Morgan fingerprint density at radius 3 is 2.93 bits per heavy atom. The van der Waals surface area contributed by atoms with E-state index in [9.17, 15) is 4.79 Å². The van der Waals surface area contributed by atoms with Gasteiger partial charge in [0.1, 0.15) is 0 Å². The third-order valence-electron chi connectivity index (χ3n) is 5.04. The molecule has 27 heavy (non-hydrogen) atoms. The second kappa shape index (κ2) is 7.15. The van der Waals surface area contributed by atoms with Gasteiger partial charge in [0.25, 0.3) is 0 Å². The van der Waals surface area contributed by atoms with E-state index in [0.29, 0.717) is 5.69 Å². The molecule has 1 unspecified atom stereocenters. The molecule has 0 bridgehead atoms. The number of benzene rings is 1. The van der Waals surface area contributed by atoms with Crippen LogP contribution in [0, 0.1) is 6.92 Å². The zero-order valence-electron chi connectivity index (χ0n) is 15.7. The molecule has 2 aromatic heterocycles. The van der Waals surface area contributed by atoms with Crippen LogP contribution in [0.15, 0.2) is 36.7 Å². The number of carbonyl (C=O) groups is 1. The van der Waals surface area contributed by atoms with Gasteiger partial charge in [-0.2, -0.15) is 0 Å². The summed E-state index contributed by atoms with van der Waals surface area (Å²) in [6, 6.07) is 8.72. The Kier molecular flexibility index (Phi) is 4.70. The summed E-state index contributed by atoms with van der Waals surface area (Å²) in [5.41, 5.74) is 1.67. The lowest BCUT2D eigenvalue weighted by molar-refractivity contribution is 0.0594. The Morgan fingerprint density at radius 1 is 1.30 bits per heavy atom. The highest BCUT2D eigenvalue weighted by Gasteiger charge is 2.28. The zero-order valence-corrected chi connectivity index (χ0v) is 16.5. The minimum Gasteiger partial charge on any atom is -0.464 e. The Hall–Kier alpha value is -2.67. The highest BCUT2D eigenvalue weighted by Crippen LogP contribution is 2.32. The molecule has 1 aliphatic rings. The molecule has 1 aromatic carbocycles. The van der Waals surface area contributed by atoms with E-state index in [1.165, 1.54) is 18.2 Å². The summed E-state index contributed by atoms with van der Waals surface area (Å²) >= 11 is 1.56. The molecule has 0 saturated carbocycles. The van der Waals surface area contributed by atoms with Crippen molar-refractivity contribution in [2.45, 2.75) is 19.9 Å². The smallest absolute Gasteiger partial charge is 0.357 e. The molecule has 1 fully saturated rings. The van der Waals surface area contributed by atoms with Crippen molar-refractivity contribution in [1.82, 2.24) is 9.97 Å². The van der Waals surface area contributed by atoms with Crippen molar-refractivity contribution in [3.63, 3.8) is 0 Å². The molecular formula is C20H22N4O2S. The maximum Gasteiger partial charge on any atom is 0.357 e. The number of anilines is 2. The van der Waals surface area contributed by atoms with Crippen LogP contribution < -0.4 is 9.80 Å². The molecule has 3 heterocycles. The van der Waals surface area contributed by atoms with Crippen LogP contribution in [-0.2, 0) is 4.74 Å². The van der Waals surface area contributed by atoms with Crippen LogP contribution in [0.2, 0.25) is 0 Å². The van der Waals surface area contributed by atoms with Crippen molar-refractivity contribution in [3.8, 4) is 0 Å². The molecule has 0 N–H and O–H groups in total. The lowest BCUT2D eigenvalue weighted by atomic mass is 10.1. The molecule has 0 radical (unpaired) electrons. The normalized spacial score (nSPS) is 17.4. The molecule has 7 heteroatoms. The van der Waals surface area contributed by atoms with Crippen molar-refractivity contribution < 1.29 is 9.53 Å². The quantitative estimate of drug-likeness (QED) is 0.646. The summed E-state index contributed by atoms with van der Waals surface area (Å²) in [7, 11) is 1.39. The maximum absolute atomic E-state index is 11.9. The van der Waals surface area contributed by atoms with E-state index in [4.69, 9.17) is 4.74 Å². The number of methoxy groups -OCH3 is 1. The summed E-state index contributed by atoms with van der Waals surface area (Å²) in [6.07, 6.45) is 3.75. The lowest BCUT2D eigenvalue weighted by Gasteiger charge is -2.41. The molecule has 0 amide bonds. The molecule has 1 saturated heterocycles. The van der Waals surface area contributed by atoms with E-state index < -0.39 is 0 Å². The van der Waals surface area contributed by atoms with E-state index >= 15 is 0 Å². The van der Waals surface area contributed by atoms with Crippen molar-refractivity contribution in [2.75, 3.05) is 36.5 Å². The SMILES string of the molecule is COC(=O)c1nc(N2CCN(c3cccc4cnccc34)CC2C)sc1C. The number of esters is 1. The van der Waals surface area contributed by atoms with Crippen molar-refractivity contribution >= 4 is 38.9 Å². The number of carbonyl (C=O) groups excluding carboxylic acids is 1. The average Bonchev–Trinajstić information content (AvgIpc) is 3.08. The fourth-order valence-corrected chi connectivity index (χ4v) is 4.66. The number of hydrogen-bond acceptors (Lipinski definition) is 7. The largest absolute Gasteiger partial charge is 0.464 e. The Balaban J connectivity index is 1.57. The number of pyridine rings is 1. The number of nitrogens with zero attached hydrogens (tertiary/aromatic N) is 4. The van der Waals surface area contributed by atoms with Gasteiger partial charge >= 0.3 is 5.97 Å². The summed E-state index contributed by atoms with van der Waals surface area (Å²) in [5.74, 6) is -0.370. The van der Waals surface area contributed by atoms with Crippen LogP contribution in [-0.4, -0.2) is 48.7 Å². The molecule has 4 rings (SSSR count). The number of aromatic nitrogens is 2. The van der Waals surface area contributed by atoms with E-state index in [1.54, 1.807) is 11.3 Å². The second-order valence-electron chi connectivity index (χ2n) is 6.76. The Bertz CT molecular complexity index is 982. The molecule has 6 nitrogen and oxygen atoms in total. The van der Waals surface area contributed by atoms with Crippen LogP contribution in [0.3, 0.4) is 0 Å². The van der Waals surface area contributed by atoms with Gasteiger partial charge in [-0.25, -0.2) is 9.78 Å². The first-order valence-electron chi connectivity index (χ1n) is 8.98. The maximum atomic E-state index is 11.9. The van der Waals surface area contributed by atoms with Gasteiger partial charge < -0.3 is 14.5 Å². The second-order valence-corrected chi connectivity index (χ2v) is 7.94. The number of fused-ring (bicyclic) bond motifs is 1. The van der Waals surface area contributed by atoms with Gasteiger partial charge in [-0.15, -0.1) is 11.3 Å². The van der Waals surface area contributed by atoms with Crippen molar-refractivity contribution in [3.05, 3.63) is 47.2 Å². The van der Waals surface area contributed by atoms with Crippen LogP contribution >= 0.6 is 11.3 Å². The number of ether oxygens (including phenoxy) is 1. The minimum absolute atomic E-state index is 0.284. The monoisotopic (exact) mass is 382 g/mol. The van der Waals surface area contributed by atoms with E-state index in [0.717, 1.165) is 35.0 Å². The first-order chi connectivity index (χ1) is 13.1. The summed E-state index contributed by atoms with van der Waals surface area (Å²) in [5, 5.41) is 3.27. The highest BCUT2D eigenvalue weighted by atomic mass is 32.1. The number of piperazine rings is 1. The van der Waals surface area contributed by atoms with Crippen molar-refractivity contribution in [2.24, 2.45) is 0 Å². The van der Waals surface area contributed by atoms with Gasteiger partial charge in [-0.1, -0.05) is 12.1 Å². The molecule has 1 atom stereocenters.